The molecular weight excluding hydrogens is 324 g/mol. The summed E-state index contributed by atoms with van der Waals surface area (Å²) in [6.07, 6.45) is 0.906. The van der Waals surface area contributed by atoms with Gasteiger partial charge in [-0.15, -0.1) is 0 Å². The topological polar surface area (TPSA) is 41.5 Å². The van der Waals surface area contributed by atoms with Crippen LogP contribution in [-0.2, 0) is 17.7 Å². The molecule has 0 atom stereocenters. The minimum absolute atomic E-state index is 0.591. The fourth-order valence-corrected chi connectivity index (χ4v) is 3.61. The van der Waals surface area contributed by atoms with E-state index in [1.807, 2.05) is 0 Å². The number of fused-ring (bicyclic) bond motifs is 1. The minimum Gasteiger partial charge on any atom is -0.378 e. The largest absolute Gasteiger partial charge is 0.378 e. The van der Waals surface area contributed by atoms with Gasteiger partial charge in [-0.2, -0.15) is 4.98 Å². The summed E-state index contributed by atoms with van der Waals surface area (Å²) in [6.45, 7) is 6.96. The number of hydrogen-bond donors (Lipinski definition) is 0. The van der Waals surface area contributed by atoms with Gasteiger partial charge in [0.2, 0.25) is 5.95 Å². The van der Waals surface area contributed by atoms with Crippen LogP contribution in [0.15, 0.2) is 24.3 Å². The van der Waals surface area contributed by atoms with Gasteiger partial charge in [0, 0.05) is 31.7 Å². The van der Waals surface area contributed by atoms with Gasteiger partial charge in [-0.05, 0) is 18.9 Å². The van der Waals surface area contributed by atoms with Crippen LogP contribution in [0.2, 0.25) is 5.15 Å². The lowest BCUT2D eigenvalue weighted by atomic mass is 10.1. The highest BCUT2D eigenvalue weighted by molar-refractivity contribution is 6.30. The molecular formula is C18H21ClN4O. The normalized spacial score (nSPS) is 17.2. The third kappa shape index (κ3) is 3.06. The summed E-state index contributed by atoms with van der Waals surface area (Å²) in [5.74, 6) is 1.70. The molecule has 5 nitrogen and oxygen atoms in total. The Hall–Kier alpha value is -1.85. The first-order valence-corrected chi connectivity index (χ1v) is 8.78. The van der Waals surface area contributed by atoms with Crippen LogP contribution < -0.4 is 9.80 Å². The van der Waals surface area contributed by atoms with Crippen LogP contribution in [0, 0.1) is 6.92 Å². The highest BCUT2D eigenvalue weighted by Gasteiger charge is 2.27. The minimum atomic E-state index is 0.591. The van der Waals surface area contributed by atoms with Gasteiger partial charge < -0.3 is 14.5 Å². The summed E-state index contributed by atoms with van der Waals surface area (Å²) < 4.78 is 5.41. The Bertz CT molecular complexity index is 746. The summed E-state index contributed by atoms with van der Waals surface area (Å²) >= 11 is 6.45. The van der Waals surface area contributed by atoms with Crippen LogP contribution in [0.5, 0.6) is 0 Å². The molecule has 24 heavy (non-hydrogen) atoms. The van der Waals surface area contributed by atoms with Gasteiger partial charge in [0.1, 0.15) is 11.0 Å². The fraction of sp³-hybridized carbons (Fsp3) is 0.444. The molecule has 1 aromatic carbocycles. The molecule has 0 unspecified atom stereocenters. The summed E-state index contributed by atoms with van der Waals surface area (Å²) in [5.41, 5.74) is 3.65. The number of morpholine rings is 1. The van der Waals surface area contributed by atoms with Crippen LogP contribution in [0.25, 0.3) is 0 Å². The predicted octanol–water partition coefficient (Wildman–Crippen LogP) is 2.84. The third-order valence-corrected chi connectivity index (χ3v) is 4.92. The van der Waals surface area contributed by atoms with E-state index >= 15 is 0 Å². The Morgan fingerprint density at radius 2 is 2.00 bits per heavy atom. The first-order chi connectivity index (χ1) is 11.7. The number of rotatable bonds is 3. The quantitative estimate of drug-likeness (QED) is 0.801. The highest BCUT2D eigenvalue weighted by Crippen LogP contribution is 2.33. The molecule has 2 aliphatic rings. The lowest BCUT2D eigenvalue weighted by Gasteiger charge is -2.28. The summed E-state index contributed by atoms with van der Waals surface area (Å²) in [4.78, 5) is 13.8. The van der Waals surface area contributed by atoms with Crippen molar-refractivity contribution in [3.63, 3.8) is 0 Å². The van der Waals surface area contributed by atoms with E-state index in [1.54, 1.807) is 0 Å². The first-order valence-electron chi connectivity index (χ1n) is 8.40. The van der Waals surface area contributed by atoms with E-state index in [0.717, 1.165) is 49.9 Å². The van der Waals surface area contributed by atoms with Crippen molar-refractivity contribution in [2.45, 2.75) is 19.9 Å². The molecule has 4 rings (SSSR count). The van der Waals surface area contributed by atoms with Gasteiger partial charge >= 0.3 is 0 Å². The van der Waals surface area contributed by atoms with Crippen molar-refractivity contribution < 1.29 is 4.74 Å². The maximum atomic E-state index is 6.45. The molecule has 2 aliphatic heterocycles. The molecule has 0 radical (unpaired) electrons. The van der Waals surface area contributed by atoms with Crippen molar-refractivity contribution in [2.24, 2.45) is 0 Å². The second-order valence-electron chi connectivity index (χ2n) is 6.38. The molecule has 1 saturated heterocycles. The summed E-state index contributed by atoms with van der Waals surface area (Å²) in [7, 11) is 0. The first kappa shape index (κ1) is 15.7. The SMILES string of the molecule is Cc1cccc(CN2CCc3c(Cl)nc(N4CCOCC4)nc32)c1. The number of nitrogens with zero attached hydrogens (tertiary/aromatic N) is 4. The third-order valence-electron chi connectivity index (χ3n) is 4.60. The number of aryl methyl sites for hydroxylation is 1. The number of ether oxygens (including phenoxy) is 1. The van der Waals surface area contributed by atoms with Crippen molar-refractivity contribution in [1.29, 1.82) is 0 Å². The standard InChI is InChI=1S/C18H21ClN4O/c1-13-3-2-4-14(11-13)12-23-6-5-15-16(19)20-18(21-17(15)23)22-7-9-24-10-8-22/h2-4,11H,5-10,12H2,1H3. The molecule has 0 saturated carbocycles. The molecule has 1 aromatic heterocycles. The van der Waals surface area contributed by atoms with Gasteiger partial charge in [0.25, 0.3) is 0 Å². The molecule has 0 bridgehead atoms. The van der Waals surface area contributed by atoms with Crippen molar-refractivity contribution in [3.05, 3.63) is 46.1 Å². The summed E-state index contributed by atoms with van der Waals surface area (Å²) in [6, 6.07) is 8.62. The second-order valence-corrected chi connectivity index (χ2v) is 6.73. The van der Waals surface area contributed by atoms with E-state index in [2.05, 4.69) is 46.0 Å². The number of halogens is 1. The number of aromatic nitrogens is 2. The molecule has 126 valence electrons. The Morgan fingerprint density at radius 1 is 1.17 bits per heavy atom. The van der Waals surface area contributed by atoms with Gasteiger partial charge in [-0.3, -0.25) is 0 Å². The molecule has 0 amide bonds. The van der Waals surface area contributed by atoms with Gasteiger partial charge in [0.05, 0.1) is 13.2 Å². The lowest BCUT2D eigenvalue weighted by Crippen LogP contribution is -2.37. The predicted molar refractivity (Wildman–Crippen MR) is 96.0 cm³/mol. The molecule has 0 aliphatic carbocycles. The van der Waals surface area contributed by atoms with Gasteiger partial charge in [-0.25, -0.2) is 4.98 Å². The highest BCUT2D eigenvalue weighted by atomic mass is 35.5. The molecule has 2 aromatic rings. The molecule has 0 N–H and O–H groups in total. The van der Waals surface area contributed by atoms with Crippen LogP contribution in [-0.4, -0.2) is 42.8 Å². The number of hydrogen-bond acceptors (Lipinski definition) is 5. The maximum absolute atomic E-state index is 6.45. The molecule has 0 spiro atoms. The Morgan fingerprint density at radius 3 is 2.79 bits per heavy atom. The number of benzene rings is 1. The van der Waals surface area contributed by atoms with Crippen molar-refractivity contribution in [1.82, 2.24) is 9.97 Å². The van der Waals surface area contributed by atoms with Crippen LogP contribution >= 0.6 is 11.6 Å². The zero-order valence-corrected chi connectivity index (χ0v) is 14.6. The van der Waals surface area contributed by atoms with Crippen LogP contribution in [0.4, 0.5) is 11.8 Å². The van der Waals surface area contributed by atoms with Crippen LogP contribution in [0.1, 0.15) is 16.7 Å². The van der Waals surface area contributed by atoms with E-state index in [9.17, 15) is 0 Å². The van der Waals surface area contributed by atoms with E-state index in [1.165, 1.54) is 11.1 Å². The molecule has 3 heterocycles. The monoisotopic (exact) mass is 344 g/mol. The zero-order valence-electron chi connectivity index (χ0n) is 13.8. The van der Waals surface area contributed by atoms with E-state index in [0.29, 0.717) is 18.4 Å². The van der Waals surface area contributed by atoms with E-state index in [-0.39, 0.29) is 0 Å². The molecule has 1 fully saturated rings. The zero-order chi connectivity index (χ0) is 16.5. The smallest absolute Gasteiger partial charge is 0.228 e. The van der Waals surface area contributed by atoms with Crippen molar-refractivity contribution >= 4 is 23.4 Å². The second kappa shape index (κ2) is 6.57. The average Bonchev–Trinajstić information content (AvgIpc) is 2.99. The van der Waals surface area contributed by atoms with Crippen molar-refractivity contribution in [3.8, 4) is 0 Å². The Kier molecular flexibility index (Phi) is 4.29. The maximum Gasteiger partial charge on any atom is 0.228 e. The van der Waals surface area contributed by atoms with Gasteiger partial charge in [0.15, 0.2) is 0 Å². The van der Waals surface area contributed by atoms with E-state index < -0.39 is 0 Å². The van der Waals surface area contributed by atoms with Gasteiger partial charge in [-0.1, -0.05) is 41.4 Å². The lowest BCUT2D eigenvalue weighted by molar-refractivity contribution is 0.122. The fourth-order valence-electron chi connectivity index (χ4n) is 3.35. The average molecular weight is 345 g/mol. The van der Waals surface area contributed by atoms with Crippen molar-refractivity contribution in [2.75, 3.05) is 42.6 Å². The molecule has 6 heteroatoms. The summed E-state index contributed by atoms with van der Waals surface area (Å²) in [5, 5.41) is 0.591. The Balaban J connectivity index is 1.62. The number of anilines is 2. The van der Waals surface area contributed by atoms with E-state index in [4.69, 9.17) is 21.3 Å². The Labute approximate surface area is 147 Å². The van der Waals surface area contributed by atoms with Crippen LogP contribution in [0.3, 0.4) is 0 Å².